The zero-order valence-electron chi connectivity index (χ0n) is 13.5. The van der Waals surface area contributed by atoms with Crippen molar-refractivity contribution in [3.63, 3.8) is 0 Å². The van der Waals surface area contributed by atoms with E-state index in [1.807, 2.05) is 19.0 Å². The SMILES string of the molecule is CN(C)c1nc(N2CCOCC2)ncc1NC(=O)c1ccc(Br)o1. The van der Waals surface area contributed by atoms with Crippen molar-refractivity contribution in [3.05, 3.63) is 28.8 Å². The van der Waals surface area contributed by atoms with Crippen molar-refractivity contribution in [2.75, 3.05) is 55.5 Å². The number of aromatic nitrogens is 2. The molecule has 1 amide bonds. The van der Waals surface area contributed by atoms with Crippen molar-refractivity contribution >= 4 is 39.3 Å². The highest BCUT2D eigenvalue weighted by Gasteiger charge is 2.19. The molecule has 2 aromatic rings. The van der Waals surface area contributed by atoms with E-state index >= 15 is 0 Å². The maximum Gasteiger partial charge on any atom is 0.291 e. The van der Waals surface area contributed by atoms with E-state index in [9.17, 15) is 4.79 Å². The molecule has 0 aromatic carbocycles. The number of morpholine rings is 1. The van der Waals surface area contributed by atoms with E-state index in [2.05, 4.69) is 36.1 Å². The van der Waals surface area contributed by atoms with Crippen molar-refractivity contribution in [1.82, 2.24) is 9.97 Å². The summed E-state index contributed by atoms with van der Waals surface area (Å²) < 4.78 is 11.1. The fourth-order valence-corrected chi connectivity index (χ4v) is 2.64. The molecule has 128 valence electrons. The van der Waals surface area contributed by atoms with Crippen LogP contribution in [0.2, 0.25) is 0 Å². The lowest BCUT2D eigenvalue weighted by atomic mass is 10.3. The Morgan fingerprint density at radius 3 is 2.71 bits per heavy atom. The van der Waals surface area contributed by atoms with Gasteiger partial charge in [0.1, 0.15) is 5.69 Å². The van der Waals surface area contributed by atoms with Gasteiger partial charge in [-0.1, -0.05) is 0 Å². The number of carbonyl (C=O) groups is 1. The zero-order valence-corrected chi connectivity index (χ0v) is 15.0. The van der Waals surface area contributed by atoms with Crippen LogP contribution >= 0.6 is 15.9 Å². The number of hydrogen-bond acceptors (Lipinski definition) is 7. The lowest BCUT2D eigenvalue weighted by Gasteiger charge is -2.28. The summed E-state index contributed by atoms with van der Waals surface area (Å²) in [5.41, 5.74) is 0.523. The molecule has 0 bridgehead atoms. The number of furan rings is 1. The average molecular weight is 396 g/mol. The van der Waals surface area contributed by atoms with Crippen LogP contribution in [-0.2, 0) is 4.74 Å². The lowest BCUT2D eigenvalue weighted by Crippen LogP contribution is -2.37. The fourth-order valence-electron chi connectivity index (χ4n) is 2.33. The second-order valence-corrected chi connectivity index (χ2v) is 6.24. The second-order valence-electron chi connectivity index (χ2n) is 5.46. The Morgan fingerprint density at radius 2 is 2.08 bits per heavy atom. The molecule has 9 heteroatoms. The molecule has 1 aliphatic heterocycles. The Morgan fingerprint density at radius 1 is 1.33 bits per heavy atom. The summed E-state index contributed by atoms with van der Waals surface area (Å²) in [6.07, 6.45) is 1.61. The van der Waals surface area contributed by atoms with Crippen LogP contribution in [0, 0.1) is 0 Å². The summed E-state index contributed by atoms with van der Waals surface area (Å²) in [7, 11) is 3.73. The molecule has 3 heterocycles. The number of ether oxygens (including phenoxy) is 1. The van der Waals surface area contributed by atoms with Gasteiger partial charge in [-0.15, -0.1) is 0 Å². The molecule has 0 aliphatic carbocycles. The maximum atomic E-state index is 12.3. The Labute approximate surface area is 147 Å². The van der Waals surface area contributed by atoms with Gasteiger partial charge in [-0.3, -0.25) is 4.79 Å². The molecule has 0 saturated carbocycles. The van der Waals surface area contributed by atoms with E-state index in [1.165, 1.54) is 0 Å². The van der Waals surface area contributed by atoms with Crippen LogP contribution in [0.4, 0.5) is 17.5 Å². The molecule has 8 nitrogen and oxygen atoms in total. The van der Waals surface area contributed by atoms with Crippen molar-refractivity contribution in [3.8, 4) is 0 Å². The third kappa shape index (κ3) is 3.68. The number of anilines is 3. The first-order valence-corrected chi connectivity index (χ1v) is 8.27. The van der Waals surface area contributed by atoms with Crippen LogP contribution in [0.15, 0.2) is 27.4 Å². The van der Waals surface area contributed by atoms with Crippen LogP contribution < -0.4 is 15.1 Å². The summed E-state index contributed by atoms with van der Waals surface area (Å²) >= 11 is 3.18. The van der Waals surface area contributed by atoms with Gasteiger partial charge in [0.15, 0.2) is 16.2 Å². The Kier molecular flexibility index (Phi) is 5.00. The van der Waals surface area contributed by atoms with Crippen LogP contribution in [0.3, 0.4) is 0 Å². The second kappa shape index (κ2) is 7.18. The van der Waals surface area contributed by atoms with Crippen LogP contribution in [0.1, 0.15) is 10.6 Å². The van der Waals surface area contributed by atoms with Crippen molar-refractivity contribution in [2.24, 2.45) is 0 Å². The van der Waals surface area contributed by atoms with Gasteiger partial charge in [-0.2, -0.15) is 4.98 Å². The molecular weight excluding hydrogens is 378 g/mol. The lowest BCUT2D eigenvalue weighted by molar-refractivity contribution is 0.0995. The largest absolute Gasteiger partial charge is 0.444 e. The highest BCUT2D eigenvalue weighted by molar-refractivity contribution is 9.10. The smallest absolute Gasteiger partial charge is 0.291 e. The van der Waals surface area contributed by atoms with Gasteiger partial charge < -0.3 is 24.3 Å². The van der Waals surface area contributed by atoms with Gasteiger partial charge in [0, 0.05) is 27.2 Å². The highest BCUT2D eigenvalue weighted by atomic mass is 79.9. The van der Waals surface area contributed by atoms with E-state index in [0.29, 0.717) is 35.3 Å². The van der Waals surface area contributed by atoms with Crippen molar-refractivity contribution in [2.45, 2.75) is 0 Å². The van der Waals surface area contributed by atoms with Crippen LogP contribution in [0.25, 0.3) is 0 Å². The third-order valence-electron chi connectivity index (χ3n) is 3.52. The number of nitrogens with one attached hydrogen (secondary N) is 1. The molecule has 1 saturated heterocycles. The first kappa shape index (κ1) is 16.7. The number of halogens is 1. The number of hydrogen-bond donors (Lipinski definition) is 1. The van der Waals surface area contributed by atoms with Gasteiger partial charge in [0.05, 0.1) is 19.4 Å². The van der Waals surface area contributed by atoms with E-state index in [-0.39, 0.29) is 11.7 Å². The maximum absolute atomic E-state index is 12.3. The highest BCUT2D eigenvalue weighted by Crippen LogP contribution is 2.25. The average Bonchev–Trinajstić information content (AvgIpc) is 3.02. The van der Waals surface area contributed by atoms with E-state index in [1.54, 1.807) is 18.3 Å². The number of amides is 1. The zero-order chi connectivity index (χ0) is 17.1. The Bertz CT molecular complexity index is 728. The minimum Gasteiger partial charge on any atom is -0.444 e. The standard InChI is InChI=1S/C15H18BrN5O3/c1-20(2)13-10(18-14(22)11-3-4-12(16)24-11)9-17-15(19-13)21-5-7-23-8-6-21/h3-4,9H,5-8H2,1-2H3,(H,18,22). The number of rotatable bonds is 4. The molecule has 1 fully saturated rings. The monoisotopic (exact) mass is 395 g/mol. The summed E-state index contributed by atoms with van der Waals surface area (Å²) in [6, 6.07) is 3.26. The van der Waals surface area contributed by atoms with E-state index < -0.39 is 0 Å². The van der Waals surface area contributed by atoms with Gasteiger partial charge in [-0.05, 0) is 28.1 Å². The molecule has 2 aromatic heterocycles. The van der Waals surface area contributed by atoms with E-state index in [4.69, 9.17) is 9.15 Å². The first-order chi connectivity index (χ1) is 11.5. The minimum atomic E-state index is -0.355. The number of nitrogens with zero attached hydrogens (tertiary/aromatic N) is 4. The third-order valence-corrected chi connectivity index (χ3v) is 3.94. The predicted molar refractivity (Wildman–Crippen MR) is 93.8 cm³/mol. The van der Waals surface area contributed by atoms with Gasteiger partial charge >= 0.3 is 0 Å². The minimum absolute atomic E-state index is 0.212. The normalized spacial score (nSPS) is 14.5. The summed E-state index contributed by atoms with van der Waals surface area (Å²) in [4.78, 5) is 25.1. The molecule has 0 unspecified atom stereocenters. The summed E-state index contributed by atoms with van der Waals surface area (Å²) in [6.45, 7) is 2.82. The fraction of sp³-hybridized carbons (Fsp3) is 0.400. The summed E-state index contributed by atoms with van der Waals surface area (Å²) in [5, 5.41) is 2.79. The summed E-state index contributed by atoms with van der Waals surface area (Å²) in [5.74, 6) is 1.11. The molecular formula is C15H18BrN5O3. The van der Waals surface area contributed by atoms with Crippen LogP contribution in [0.5, 0.6) is 0 Å². The Hall–Kier alpha value is -2.13. The number of carbonyl (C=O) groups excluding carboxylic acids is 1. The van der Waals surface area contributed by atoms with Gasteiger partial charge in [0.25, 0.3) is 5.91 Å². The molecule has 1 N–H and O–H groups in total. The topological polar surface area (TPSA) is 83.7 Å². The Balaban J connectivity index is 1.83. The predicted octanol–water partition coefficient (Wildman–Crippen LogP) is 1.99. The van der Waals surface area contributed by atoms with Crippen LogP contribution in [-0.4, -0.2) is 56.3 Å². The van der Waals surface area contributed by atoms with Gasteiger partial charge in [-0.25, -0.2) is 4.98 Å². The van der Waals surface area contributed by atoms with E-state index in [0.717, 1.165) is 13.1 Å². The molecule has 1 aliphatic rings. The molecule has 24 heavy (non-hydrogen) atoms. The van der Waals surface area contributed by atoms with Crippen molar-refractivity contribution < 1.29 is 13.9 Å². The molecule has 0 atom stereocenters. The quantitative estimate of drug-likeness (QED) is 0.846. The molecule has 0 radical (unpaired) electrons. The molecule has 0 spiro atoms. The first-order valence-electron chi connectivity index (χ1n) is 7.48. The van der Waals surface area contributed by atoms with Gasteiger partial charge in [0.2, 0.25) is 5.95 Å². The van der Waals surface area contributed by atoms with Crippen molar-refractivity contribution in [1.29, 1.82) is 0 Å². The molecule has 3 rings (SSSR count).